The summed E-state index contributed by atoms with van der Waals surface area (Å²) >= 11 is 0. The predicted octanol–water partition coefficient (Wildman–Crippen LogP) is 2.65. The minimum Gasteiger partial charge on any atom is -0.508 e. The molecule has 23 heavy (non-hydrogen) atoms. The lowest BCUT2D eigenvalue weighted by atomic mass is 9.99. The Hall–Kier alpha value is -2.40. The van der Waals surface area contributed by atoms with Crippen molar-refractivity contribution in [1.82, 2.24) is 19.9 Å². The lowest BCUT2D eigenvalue weighted by molar-refractivity contribution is 0.437. The molecule has 0 bridgehead atoms. The highest BCUT2D eigenvalue weighted by Gasteiger charge is 2.22. The summed E-state index contributed by atoms with van der Waals surface area (Å²) < 4.78 is 2.22. The van der Waals surface area contributed by atoms with E-state index >= 15 is 0 Å². The smallest absolute Gasteiger partial charge is 0.160 e. The van der Waals surface area contributed by atoms with Gasteiger partial charge < -0.3 is 15.0 Å². The molecule has 3 aromatic rings. The number of pyridine rings is 1. The molecule has 1 atom stereocenters. The molecule has 118 valence electrons. The monoisotopic (exact) mass is 308 g/mol. The van der Waals surface area contributed by atoms with Crippen LogP contribution < -0.4 is 5.32 Å². The van der Waals surface area contributed by atoms with Gasteiger partial charge in [0.1, 0.15) is 17.1 Å². The second kappa shape index (κ2) is 6.01. The Kier molecular flexibility index (Phi) is 3.71. The second-order valence-electron chi connectivity index (χ2n) is 6.11. The van der Waals surface area contributed by atoms with Gasteiger partial charge in [-0.05, 0) is 49.2 Å². The Morgan fingerprint density at radius 1 is 1.22 bits per heavy atom. The highest BCUT2D eigenvalue weighted by atomic mass is 16.3. The van der Waals surface area contributed by atoms with Gasteiger partial charge in [-0.15, -0.1) is 0 Å². The molecule has 0 aliphatic carbocycles. The van der Waals surface area contributed by atoms with Gasteiger partial charge in [0.05, 0.1) is 6.54 Å². The largest absolute Gasteiger partial charge is 0.508 e. The van der Waals surface area contributed by atoms with Gasteiger partial charge in [-0.2, -0.15) is 0 Å². The fourth-order valence-electron chi connectivity index (χ4n) is 3.30. The third-order valence-corrected chi connectivity index (χ3v) is 4.47. The van der Waals surface area contributed by atoms with E-state index in [4.69, 9.17) is 4.98 Å². The summed E-state index contributed by atoms with van der Waals surface area (Å²) in [5, 5.41) is 12.9. The molecule has 1 aliphatic rings. The van der Waals surface area contributed by atoms with Crippen molar-refractivity contribution < 1.29 is 5.11 Å². The van der Waals surface area contributed by atoms with E-state index in [1.165, 1.54) is 6.42 Å². The first-order chi connectivity index (χ1) is 11.3. The number of rotatable bonds is 3. The van der Waals surface area contributed by atoms with E-state index in [1.807, 2.05) is 30.5 Å². The van der Waals surface area contributed by atoms with Crippen LogP contribution in [0.2, 0.25) is 0 Å². The Morgan fingerprint density at radius 2 is 2.09 bits per heavy atom. The van der Waals surface area contributed by atoms with E-state index in [9.17, 15) is 5.11 Å². The Labute approximate surface area is 135 Å². The summed E-state index contributed by atoms with van der Waals surface area (Å²) in [6.07, 6.45) is 4.16. The summed E-state index contributed by atoms with van der Waals surface area (Å²) in [7, 11) is 0. The number of aromatic hydroxyl groups is 1. The molecule has 0 saturated carbocycles. The van der Waals surface area contributed by atoms with Gasteiger partial charge in [-0.3, -0.25) is 0 Å². The van der Waals surface area contributed by atoms with Crippen molar-refractivity contribution in [3.63, 3.8) is 0 Å². The summed E-state index contributed by atoms with van der Waals surface area (Å²) in [5.41, 5.74) is 3.02. The molecule has 5 nitrogen and oxygen atoms in total. The van der Waals surface area contributed by atoms with Crippen molar-refractivity contribution in [3.8, 4) is 5.75 Å². The maximum atomic E-state index is 9.47. The topological polar surface area (TPSA) is 63.0 Å². The fraction of sp³-hybridized carbons (Fsp3) is 0.333. The van der Waals surface area contributed by atoms with Crippen LogP contribution in [0.3, 0.4) is 0 Å². The molecule has 2 aromatic heterocycles. The number of nitrogens with zero attached hydrogens (tertiary/aromatic N) is 3. The highest BCUT2D eigenvalue weighted by Crippen LogP contribution is 2.27. The Bertz CT molecular complexity index is 804. The second-order valence-corrected chi connectivity index (χ2v) is 6.11. The predicted molar refractivity (Wildman–Crippen MR) is 89.6 cm³/mol. The summed E-state index contributed by atoms with van der Waals surface area (Å²) in [5.74, 6) is 1.83. The molecular formula is C18H20N4O. The number of piperidine rings is 1. The SMILES string of the molecule is Oc1ccc(Cn2c(C3CCCNC3)nc3cccnc32)cc1. The number of phenols is 1. The molecule has 5 heteroatoms. The average molecular weight is 308 g/mol. The van der Waals surface area contributed by atoms with Gasteiger partial charge in [-0.25, -0.2) is 9.97 Å². The molecule has 4 rings (SSSR count). The fourth-order valence-corrected chi connectivity index (χ4v) is 3.30. The third-order valence-electron chi connectivity index (χ3n) is 4.47. The molecule has 1 saturated heterocycles. The summed E-state index contributed by atoms with van der Waals surface area (Å²) in [4.78, 5) is 9.40. The van der Waals surface area contributed by atoms with E-state index in [0.717, 1.165) is 48.6 Å². The Balaban J connectivity index is 1.77. The summed E-state index contributed by atoms with van der Waals surface area (Å²) in [6, 6.07) is 11.3. The average Bonchev–Trinajstić information content (AvgIpc) is 2.96. The number of nitrogens with one attached hydrogen (secondary N) is 1. The van der Waals surface area contributed by atoms with Crippen LogP contribution in [-0.4, -0.2) is 32.7 Å². The van der Waals surface area contributed by atoms with Crippen molar-refractivity contribution in [1.29, 1.82) is 0 Å². The number of aromatic nitrogens is 3. The quantitative estimate of drug-likeness (QED) is 0.781. The number of phenolic OH excluding ortho intramolecular Hbond substituents is 1. The van der Waals surface area contributed by atoms with E-state index in [1.54, 1.807) is 12.1 Å². The third kappa shape index (κ3) is 2.80. The lowest BCUT2D eigenvalue weighted by Gasteiger charge is -2.23. The molecule has 1 aliphatic heterocycles. The maximum absolute atomic E-state index is 9.47. The minimum absolute atomic E-state index is 0.291. The standard InChI is InChI=1S/C18H20N4O/c23-15-7-5-13(6-8-15)12-22-17(14-3-1-9-19-11-14)21-16-4-2-10-20-18(16)22/h2,4-8,10,14,19,23H,1,3,9,11-12H2. The van der Waals surface area contributed by atoms with Gasteiger partial charge in [0.15, 0.2) is 5.65 Å². The summed E-state index contributed by atoms with van der Waals surface area (Å²) in [6.45, 7) is 2.78. The van der Waals surface area contributed by atoms with Crippen LogP contribution in [0.5, 0.6) is 5.75 Å². The number of benzene rings is 1. The van der Waals surface area contributed by atoms with E-state index in [2.05, 4.69) is 14.9 Å². The number of hydrogen-bond acceptors (Lipinski definition) is 4. The molecular weight excluding hydrogens is 288 g/mol. The van der Waals surface area contributed by atoms with Crippen molar-refractivity contribution in [2.24, 2.45) is 0 Å². The highest BCUT2D eigenvalue weighted by molar-refractivity contribution is 5.71. The van der Waals surface area contributed by atoms with Crippen LogP contribution in [0, 0.1) is 0 Å². The normalized spacial score (nSPS) is 18.3. The Morgan fingerprint density at radius 3 is 2.87 bits per heavy atom. The molecule has 1 fully saturated rings. The van der Waals surface area contributed by atoms with Gasteiger partial charge in [0.2, 0.25) is 0 Å². The van der Waals surface area contributed by atoms with Crippen molar-refractivity contribution in [3.05, 3.63) is 54.0 Å². The van der Waals surface area contributed by atoms with Crippen molar-refractivity contribution in [2.45, 2.75) is 25.3 Å². The first kappa shape index (κ1) is 14.2. The van der Waals surface area contributed by atoms with Crippen molar-refractivity contribution in [2.75, 3.05) is 13.1 Å². The van der Waals surface area contributed by atoms with Crippen LogP contribution in [0.25, 0.3) is 11.2 Å². The molecule has 2 N–H and O–H groups in total. The molecule has 1 unspecified atom stereocenters. The van der Waals surface area contributed by atoms with E-state index < -0.39 is 0 Å². The maximum Gasteiger partial charge on any atom is 0.160 e. The first-order valence-electron chi connectivity index (χ1n) is 8.11. The van der Waals surface area contributed by atoms with Gasteiger partial charge in [-0.1, -0.05) is 12.1 Å². The van der Waals surface area contributed by atoms with Crippen LogP contribution >= 0.6 is 0 Å². The van der Waals surface area contributed by atoms with Gasteiger partial charge in [0, 0.05) is 18.7 Å². The van der Waals surface area contributed by atoms with E-state index in [0.29, 0.717) is 11.7 Å². The van der Waals surface area contributed by atoms with Crippen molar-refractivity contribution >= 4 is 11.2 Å². The zero-order valence-electron chi connectivity index (χ0n) is 12.9. The van der Waals surface area contributed by atoms with Gasteiger partial charge >= 0.3 is 0 Å². The number of hydrogen-bond donors (Lipinski definition) is 2. The minimum atomic E-state index is 0.291. The molecule has 3 heterocycles. The van der Waals surface area contributed by atoms with Crippen LogP contribution in [-0.2, 0) is 6.54 Å². The molecule has 0 radical (unpaired) electrons. The number of fused-ring (bicyclic) bond motifs is 1. The van der Waals surface area contributed by atoms with Crippen LogP contribution in [0.15, 0.2) is 42.6 Å². The molecule has 0 spiro atoms. The van der Waals surface area contributed by atoms with Crippen LogP contribution in [0.1, 0.15) is 30.1 Å². The van der Waals surface area contributed by atoms with Gasteiger partial charge in [0.25, 0.3) is 0 Å². The lowest BCUT2D eigenvalue weighted by Crippen LogP contribution is -2.30. The van der Waals surface area contributed by atoms with Crippen LogP contribution in [0.4, 0.5) is 0 Å². The molecule has 1 aromatic carbocycles. The molecule has 0 amide bonds. The zero-order valence-corrected chi connectivity index (χ0v) is 12.9. The zero-order chi connectivity index (χ0) is 15.6. The number of imidazole rings is 1. The first-order valence-corrected chi connectivity index (χ1v) is 8.11. The van der Waals surface area contributed by atoms with E-state index in [-0.39, 0.29) is 0 Å².